The first-order chi connectivity index (χ1) is 22.5. The predicted molar refractivity (Wildman–Crippen MR) is 180 cm³/mol. The van der Waals surface area contributed by atoms with Gasteiger partial charge in [-0.15, -0.1) is 11.3 Å². The first-order valence-corrected chi connectivity index (χ1v) is 17.4. The Kier molecular flexibility index (Phi) is 14.1. The first kappa shape index (κ1) is 36.9. The molecule has 3 heterocycles. The highest BCUT2D eigenvalue weighted by Gasteiger charge is 2.44. The van der Waals surface area contributed by atoms with Gasteiger partial charge in [-0.2, -0.15) is 0 Å². The molecule has 2 fully saturated rings. The second kappa shape index (κ2) is 18.0. The van der Waals surface area contributed by atoms with Gasteiger partial charge in [0.15, 0.2) is 0 Å². The number of aliphatic hydroxyl groups excluding tert-OH is 1. The van der Waals surface area contributed by atoms with Crippen molar-refractivity contribution in [2.45, 2.75) is 77.7 Å². The Morgan fingerprint density at radius 3 is 2.47 bits per heavy atom. The molecule has 0 radical (unpaired) electrons. The van der Waals surface area contributed by atoms with E-state index in [4.69, 9.17) is 14.2 Å². The number of carbonyl (C=O) groups is 3. The number of aryl methyl sites for hydroxylation is 1. The molecular weight excluding hydrogens is 622 g/mol. The van der Waals surface area contributed by atoms with Gasteiger partial charge >= 0.3 is 0 Å². The Morgan fingerprint density at radius 2 is 1.79 bits per heavy atom. The number of rotatable bonds is 16. The number of nitrogens with one attached hydrogen (secondary N) is 3. The molecule has 4 rings (SSSR count). The molecule has 2 aromatic rings. The van der Waals surface area contributed by atoms with Gasteiger partial charge < -0.3 is 40.2 Å². The molecule has 13 heteroatoms. The fourth-order valence-corrected chi connectivity index (χ4v) is 6.60. The van der Waals surface area contributed by atoms with Crippen LogP contribution in [-0.4, -0.2) is 116 Å². The van der Waals surface area contributed by atoms with Crippen LogP contribution in [0.3, 0.4) is 0 Å². The van der Waals surface area contributed by atoms with Crippen LogP contribution in [0.5, 0.6) is 0 Å². The minimum absolute atomic E-state index is 0.0208. The molecule has 0 bridgehead atoms. The van der Waals surface area contributed by atoms with Crippen molar-refractivity contribution in [3.05, 3.63) is 41.0 Å². The van der Waals surface area contributed by atoms with Crippen molar-refractivity contribution >= 4 is 29.1 Å². The van der Waals surface area contributed by atoms with E-state index in [-0.39, 0.29) is 38.2 Å². The van der Waals surface area contributed by atoms with Crippen molar-refractivity contribution in [2.75, 3.05) is 59.2 Å². The number of carbonyl (C=O) groups excluding carboxylic acids is 3. The van der Waals surface area contributed by atoms with Crippen LogP contribution in [0, 0.1) is 12.3 Å². The summed E-state index contributed by atoms with van der Waals surface area (Å²) in [5, 5.41) is 19.5. The van der Waals surface area contributed by atoms with Crippen LogP contribution in [-0.2, 0) is 35.0 Å². The predicted octanol–water partition coefficient (Wildman–Crippen LogP) is 2.07. The molecule has 0 spiro atoms. The zero-order valence-electron chi connectivity index (χ0n) is 28.1. The zero-order chi connectivity index (χ0) is 33.8. The van der Waals surface area contributed by atoms with E-state index in [2.05, 4.69) is 33.1 Å². The molecule has 3 atom stereocenters. The van der Waals surface area contributed by atoms with Crippen molar-refractivity contribution in [3.8, 4) is 10.4 Å². The topological polar surface area (TPSA) is 151 Å². The molecule has 3 amide bonds. The van der Waals surface area contributed by atoms with E-state index in [1.54, 1.807) is 11.3 Å². The molecule has 1 aromatic carbocycles. The number of aromatic nitrogens is 1. The monoisotopic (exact) mass is 673 g/mol. The lowest BCUT2D eigenvalue weighted by Crippen LogP contribution is -2.58. The van der Waals surface area contributed by atoms with Crippen LogP contribution < -0.4 is 16.0 Å². The van der Waals surface area contributed by atoms with Gasteiger partial charge in [0.2, 0.25) is 17.7 Å². The Morgan fingerprint density at radius 1 is 1.09 bits per heavy atom. The summed E-state index contributed by atoms with van der Waals surface area (Å²) in [7, 11) is 0. The van der Waals surface area contributed by atoms with E-state index in [0.717, 1.165) is 47.6 Å². The van der Waals surface area contributed by atoms with Crippen LogP contribution in [0.25, 0.3) is 10.4 Å². The summed E-state index contributed by atoms with van der Waals surface area (Å²) in [6, 6.07) is 6.44. The zero-order valence-corrected chi connectivity index (χ0v) is 28.9. The Bertz CT molecular complexity index is 1290. The molecule has 47 heavy (non-hydrogen) atoms. The quantitative estimate of drug-likeness (QED) is 0.196. The number of nitrogens with zero attached hydrogens (tertiary/aromatic N) is 2. The van der Waals surface area contributed by atoms with Gasteiger partial charge in [-0.05, 0) is 55.8 Å². The largest absolute Gasteiger partial charge is 0.391 e. The number of ether oxygens (including phenoxy) is 3. The van der Waals surface area contributed by atoms with E-state index < -0.39 is 35.4 Å². The number of likely N-dealkylation sites (tertiary alicyclic amines) is 1. The van der Waals surface area contributed by atoms with Crippen LogP contribution in [0.1, 0.15) is 51.3 Å². The third-order valence-electron chi connectivity index (χ3n) is 8.43. The number of hydrogen-bond acceptors (Lipinski definition) is 10. The van der Waals surface area contributed by atoms with Gasteiger partial charge in [0.05, 0.1) is 54.7 Å². The Hall–Kier alpha value is -2.94. The molecule has 0 aliphatic carbocycles. The highest BCUT2D eigenvalue weighted by atomic mass is 32.1. The standard InChI is InChI=1S/C34H51N5O7S/c1-23-30(47-22-37-23)25-7-5-24(6-8-25)9-14-36-32(42)28-19-26(40)20-39(28)33(43)31(34(2,3)4)38-29(41)21-45-16-15-44-17-18-46-27-10-12-35-13-11-27/h5-8,22,26-28,31,35,40H,9-21H2,1-4H3,(H,36,42)(H,38,41)/t26-,28-,31+/m0/s1. The van der Waals surface area contributed by atoms with Crippen molar-refractivity contribution in [1.82, 2.24) is 25.8 Å². The van der Waals surface area contributed by atoms with Gasteiger partial charge in [0, 0.05) is 19.5 Å². The summed E-state index contributed by atoms with van der Waals surface area (Å²) in [5.41, 5.74) is 4.36. The molecule has 1 aromatic heterocycles. The molecule has 12 nitrogen and oxygen atoms in total. The van der Waals surface area contributed by atoms with Crippen LogP contribution in [0.2, 0.25) is 0 Å². The van der Waals surface area contributed by atoms with Crippen molar-refractivity contribution in [2.24, 2.45) is 5.41 Å². The van der Waals surface area contributed by atoms with Gasteiger partial charge in [-0.1, -0.05) is 45.0 Å². The second-order valence-electron chi connectivity index (χ2n) is 13.3. The lowest BCUT2D eigenvalue weighted by molar-refractivity contribution is -0.144. The first-order valence-electron chi connectivity index (χ1n) is 16.6. The number of hydrogen-bond donors (Lipinski definition) is 4. The minimum atomic E-state index is -0.914. The van der Waals surface area contributed by atoms with Crippen molar-refractivity contribution < 1.29 is 33.7 Å². The smallest absolute Gasteiger partial charge is 0.246 e. The summed E-state index contributed by atoms with van der Waals surface area (Å²) in [6.07, 6.45) is 2.22. The summed E-state index contributed by atoms with van der Waals surface area (Å²) in [5.74, 6) is -1.17. The van der Waals surface area contributed by atoms with Crippen LogP contribution in [0.4, 0.5) is 0 Å². The summed E-state index contributed by atoms with van der Waals surface area (Å²) in [4.78, 5) is 46.6. The van der Waals surface area contributed by atoms with Gasteiger partial charge in [-0.25, -0.2) is 4.98 Å². The SMILES string of the molecule is Cc1ncsc1-c1ccc(CCNC(=O)[C@@H]2C[C@H](O)CN2C(=O)[C@@H](NC(=O)COCCOCCOC2CCNCC2)C(C)(C)C)cc1. The maximum Gasteiger partial charge on any atom is 0.246 e. The highest BCUT2D eigenvalue weighted by Crippen LogP contribution is 2.28. The normalized spacial score (nSPS) is 19.5. The number of thiazole rings is 1. The Labute approximate surface area is 281 Å². The van der Waals surface area contributed by atoms with E-state index in [1.165, 1.54) is 4.90 Å². The van der Waals surface area contributed by atoms with Gasteiger partial charge in [-0.3, -0.25) is 14.4 Å². The highest BCUT2D eigenvalue weighted by molar-refractivity contribution is 7.13. The molecule has 260 valence electrons. The molecule has 2 saturated heterocycles. The minimum Gasteiger partial charge on any atom is -0.391 e. The molecule has 2 aliphatic rings. The molecule has 0 unspecified atom stereocenters. The van der Waals surface area contributed by atoms with Gasteiger partial charge in [0.25, 0.3) is 0 Å². The summed E-state index contributed by atoms with van der Waals surface area (Å²) in [6.45, 7) is 11.2. The lowest BCUT2D eigenvalue weighted by Gasteiger charge is -2.35. The fraction of sp³-hybridized carbons (Fsp3) is 0.647. The van der Waals surface area contributed by atoms with Crippen molar-refractivity contribution in [1.29, 1.82) is 0 Å². The molecular formula is C34H51N5O7S. The number of piperidine rings is 1. The second-order valence-corrected chi connectivity index (χ2v) is 14.1. The number of benzene rings is 1. The van der Waals surface area contributed by atoms with Crippen LogP contribution in [0.15, 0.2) is 29.8 Å². The summed E-state index contributed by atoms with van der Waals surface area (Å²) >= 11 is 1.60. The van der Waals surface area contributed by atoms with E-state index in [9.17, 15) is 19.5 Å². The number of β-amino-alcohol motifs (C(OH)–C–C–N with tert-alkyl or cyclic N) is 1. The third-order valence-corrected chi connectivity index (χ3v) is 9.41. The average Bonchev–Trinajstić information content (AvgIpc) is 3.66. The fourth-order valence-electron chi connectivity index (χ4n) is 5.79. The maximum absolute atomic E-state index is 13.8. The third kappa shape index (κ3) is 11.3. The lowest BCUT2D eigenvalue weighted by atomic mass is 9.85. The number of amides is 3. The van der Waals surface area contributed by atoms with E-state index >= 15 is 0 Å². The molecule has 0 saturated carbocycles. The average molecular weight is 674 g/mol. The molecule has 4 N–H and O–H groups in total. The maximum atomic E-state index is 13.8. The Balaban J connectivity index is 1.20. The van der Waals surface area contributed by atoms with Crippen molar-refractivity contribution in [3.63, 3.8) is 0 Å². The van der Waals surface area contributed by atoms with E-state index in [0.29, 0.717) is 32.8 Å². The van der Waals surface area contributed by atoms with Crippen LogP contribution >= 0.6 is 11.3 Å². The van der Waals surface area contributed by atoms with Gasteiger partial charge in [0.1, 0.15) is 18.7 Å². The number of aliphatic hydroxyl groups is 1. The summed E-state index contributed by atoms with van der Waals surface area (Å²) < 4.78 is 16.8. The van der Waals surface area contributed by atoms with E-state index in [1.807, 2.05) is 45.3 Å². The molecule has 2 aliphatic heterocycles.